The molecule has 2 heteroatoms. The average Bonchev–Trinajstić information content (AvgIpc) is 2.49. The van der Waals surface area contributed by atoms with Crippen molar-refractivity contribution in [3.63, 3.8) is 0 Å². The summed E-state index contributed by atoms with van der Waals surface area (Å²) in [6.07, 6.45) is 2.86. The van der Waals surface area contributed by atoms with E-state index in [0.29, 0.717) is 5.56 Å². The Morgan fingerprint density at radius 3 is 2.32 bits per heavy atom. The molecule has 0 heterocycles. The average molecular weight is 296 g/mol. The van der Waals surface area contributed by atoms with Gasteiger partial charge in [-0.1, -0.05) is 42.5 Å². The molecule has 2 nitrogen and oxygen atoms in total. The van der Waals surface area contributed by atoms with Gasteiger partial charge in [0.15, 0.2) is 0 Å². The number of aryl methyl sites for hydroxylation is 2. The zero-order valence-corrected chi connectivity index (χ0v) is 13.6. The van der Waals surface area contributed by atoms with Crippen LogP contribution < -0.4 is 0 Å². The molecule has 0 saturated heterocycles. The van der Waals surface area contributed by atoms with Crippen LogP contribution in [0.1, 0.15) is 48.2 Å². The molecule has 0 N–H and O–H groups in total. The summed E-state index contributed by atoms with van der Waals surface area (Å²) in [5, 5.41) is 0. The highest BCUT2D eigenvalue weighted by Gasteiger charge is 2.23. The number of hydrogen-bond acceptors (Lipinski definition) is 2. The fraction of sp³-hybridized carbons (Fsp3) is 0.350. The first kappa shape index (κ1) is 16.3. The summed E-state index contributed by atoms with van der Waals surface area (Å²) in [5.74, 6) is -0.249. The van der Waals surface area contributed by atoms with Crippen LogP contribution in [0, 0.1) is 6.92 Å². The van der Waals surface area contributed by atoms with Gasteiger partial charge in [-0.3, -0.25) is 0 Å². The maximum atomic E-state index is 12.1. The molecular weight excluding hydrogens is 272 g/mol. The number of benzene rings is 2. The minimum Gasteiger partial charge on any atom is -0.456 e. The number of hydrogen-bond donors (Lipinski definition) is 0. The van der Waals surface area contributed by atoms with Crippen LogP contribution in [-0.2, 0) is 11.2 Å². The van der Waals surface area contributed by atoms with E-state index in [0.717, 1.165) is 19.3 Å². The van der Waals surface area contributed by atoms with Crippen molar-refractivity contribution in [3.8, 4) is 0 Å². The van der Waals surface area contributed by atoms with Crippen LogP contribution in [-0.4, -0.2) is 11.6 Å². The molecule has 0 unspecified atom stereocenters. The minimum absolute atomic E-state index is 0.249. The number of carbonyl (C=O) groups is 1. The van der Waals surface area contributed by atoms with E-state index in [1.165, 1.54) is 11.1 Å². The van der Waals surface area contributed by atoms with Crippen molar-refractivity contribution in [2.75, 3.05) is 0 Å². The highest BCUT2D eigenvalue weighted by atomic mass is 16.6. The van der Waals surface area contributed by atoms with Gasteiger partial charge in [-0.25, -0.2) is 4.79 Å². The first-order chi connectivity index (χ1) is 10.5. The van der Waals surface area contributed by atoms with Crippen molar-refractivity contribution in [2.45, 2.75) is 45.6 Å². The van der Waals surface area contributed by atoms with Crippen molar-refractivity contribution < 1.29 is 9.53 Å². The summed E-state index contributed by atoms with van der Waals surface area (Å²) in [7, 11) is 0. The van der Waals surface area contributed by atoms with E-state index in [-0.39, 0.29) is 5.97 Å². The summed E-state index contributed by atoms with van der Waals surface area (Å²) >= 11 is 0. The first-order valence-electron chi connectivity index (χ1n) is 7.81. The van der Waals surface area contributed by atoms with Gasteiger partial charge in [-0.05, 0) is 63.3 Å². The third-order valence-corrected chi connectivity index (χ3v) is 3.86. The zero-order chi connectivity index (χ0) is 16.0. The topological polar surface area (TPSA) is 26.3 Å². The van der Waals surface area contributed by atoms with E-state index in [1.54, 1.807) is 12.1 Å². The maximum absolute atomic E-state index is 12.1. The van der Waals surface area contributed by atoms with Gasteiger partial charge in [0.25, 0.3) is 0 Å². The Kier molecular flexibility index (Phi) is 5.37. The maximum Gasteiger partial charge on any atom is 0.338 e. The van der Waals surface area contributed by atoms with Gasteiger partial charge in [0.2, 0.25) is 0 Å². The van der Waals surface area contributed by atoms with E-state index >= 15 is 0 Å². The molecule has 2 aromatic carbocycles. The van der Waals surface area contributed by atoms with E-state index in [4.69, 9.17) is 4.74 Å². The van der Waals surface area contributed by atoms with Crippen LogP contribution >= 0.6 is 0 Å². The lowest BCUT2D eigenvalue weighted by molar-refractivity contribution is -0.00520. The van der Waals surface area contributed by atoms with Crippen molar-refractivity contribution in [3.05, 3.63) is 71.3 Å². The molecule has 0 amide bonds. The van der Waals surface area contributed by atoms with Crippen LogP contribution in [0.3, 0.4) is 0 Å². The fourth-order valence-electron chi connectivity index (χ4n) is 2.53. The van der Waals surface area contributed by atoms with E-state index in [9.17, 15) is 4.79 Å². The van der Waals surface area contributed by atoms with Gasteiger partial charge < -0.3 is 4.74 Å². The molecule has 0 aliphatic heterocycles. The third kappa shape index (κ3) is 4.73. The summed E-state index contributed by atoms with van der Waals surface area (Å²) < 4.78 is 5.65. The molecule has 0 atom stereocenters. The molecule has 0 bridgehead atoms. The van der Waals surface area contributed by atoms with Crippen LogP contribution in [0.2, 0.25) is 0 Å². The standard InChI is InChI=1S/C20H24O2/c1-16-10-7-8-11-17(16)14-9-15-20(2,3)22-19(21)18-12-5-4-6-13-18/h4-8,10-13H,9,14-15H2,1-3H3. The highest BCUT2D eigenvalue weighted by molar-refractivity contribution is 5.89. The molecule has 0 aliphatic rings. The zero-order valence-electron chi connectivity index (χ0n) is 13.6. The van der Waals surface area contributed by atoms with Crippen LogP contribution in [0.5, 0.6) is 0 Å². The van der Waals surface area contributed by atoms with Crippen molar-refractivity contribution in [2.24, 2.45) is 0 Å². The summed E-state index contributed by atoms with van der Waals surface area (Å²) in [6, 6.07) is 17.6. The summed E-state index contributed by atoms with van der Waals surface area (Å²) in [4.78, 5) is 12.1. The number of ether oxygens (including phenoxy) is 1. The molecule has 22 heavy (non-hydrogen) atoms. The predicted octanol–water partition coefficient (Wildman–Crippen LogP) is 4.95. The fourth-order valence-corrected chi connectivity index (χ4v) is 2.53. The largest absolute Gasteiger partial charge is 0.456 e. The molecule has 0 fully saturated rings. The SMILES string of the molecule is Cc1ccccc1CCCC(C)(C)OC(=O)c1ccccc1. The Morgan fingerprint density at radius 1 is 1.00 bits per heavy atom. The lowest BCUT2D eigenvalue weighted by Gasteiger charge is -2.25. The Bertz CT molecular complexity index is 615. The van der Waals surface area contributed by atoms with Gasteiger partial charge in [-0.2, -0.15) is 0 Å². The van der Waals surface area contributed by atoms with E-state index in [2.05, 4.69) is 31.2 Å². The second kappa shape index (κ2) is 7.26. The van der Waals surface area contributed by atoms with Gasteiger partial charge in [-0.15, -0.1) is 0 Å². The lowest BCUT2D eigenvalue weighted by atomic mass is 9.96. The Hall–Kier alpha value is -2.09. The number of rotatable bonds is 6. The normalized spacial score (nSPS) is 11.2. The van der Waals surface area contributed by atoms with Crippen LogP contribution in [0.4, 0.5) is 0 Å². The Balaban J connectivity index is 1.86. The summed E-state index contributed by atoms with van der Waals surface area (Å²) in [5.41, 5.74) is 2.85. The second-order valence-electron chi connectivity index (χ2n) is 6.30. The second-order valence-corrected chi connectivity index (χ2v) is 6.30. The number of carbonyl (C=O) groups excluding carboxylic acids is 1. The minimum atomic E-state index is -0.449. The van der Waals surface area contributed by atoms with Crippen molar-refractivity contribution >= 4 is 5.97 Å². The van der Waals surface area contributed by atoms with Gasteiger partial charge >= 0.3 is 5.97 Å². The Labute approximate surface area is 133 Å². The van der Waals surface area contributed by atoms with Crippen LogP contribution in [0.25, 0.3) is 0 Å². The monoisotopic (exact) mass is 296 g/mol. The third-order valence-electron chi connectivity index (χ3n) is 3.86. The molecule has 0 aromatic heterocycles. The quantitative estimate of drug-likeness (QED) is 0.705. The molecule has 0 saturated carbocycles. The van der Waals surface area contributed by atoms with Gasteiger partial charge in [0.05, 0.1) is 5.56 Å². The van der Waals surface area contributed by atoms with Gasteiger partial charge in [0.1, 0.15) is 5.60 Å². The first-order valence-corrected chi connectivity index (χ1v) is 7.81. The van der Waals surface area contributed by atoms with Crippen LogP contribution in [0.15, 0.2) is 54.6 Å². The molecule has 2 aromatic rings. The molecule has 0 aliphatic carbocycles. The Morgan fingerprint density at radius 2 is 1.64 bits per heavy atom. The molecular formula is C20H24O2. The molecule has 0 spiro atoms. The van der Waals surface area contributed by atoms with E-state index < -0.39 is 5.60 Å². The molecule has 0 radical (unpaired) electrons. The molecule has 116 valence electrons. The van der Waals surface area contributed by atoms with Crippen molar-refractivity contribution in [1.29, 1.82) is 0 Å². The molecule has 2 rings (SSSR count). The van der Waals surface area contributed by atoms with E-state index in [1.807, 2.05) is 32.0 Å². The smallest absolute Gasteiger partial charge is 0.338 e. The van der Waals surface area contributed by atoms with Gasteiger partial charge in [0, 0.05) is 0 Å². The predicted molar refractivity (Wildman–Crippen MR) is 90.1 cm³/mol. The van der Waals surface area contributed by atoms with Crippen molar-refractivity contribution in [1.82, 2.24) is 0 Å². The lowest BCUT2D eigenvalue weighted by Crippen LogP contribution is -2.28. The highest BCUT2D eigenvalue weighted by Crippen LogP contribution is 2.21. The number of esters is 1. The summed E-state index contributed by atoms with van der Waals surface area (Å²) in [6.45, 7) is 6.09.